The zero-order valence-corrected chi connectivity index (χ0v) is 12.9. The van der Waals surface area contributed by atoms with Crippen molar-refractivity contribution in [1.29, 1.82) is 0 Å². The minimum Gasteiger partial charge on any atom is -0.491 e. The van der Waals surface area contributed by atoms with Crippen LogP contribution in [-0.4, -0.2) is 23.7 Å². The summed E-state index contributed by atoms with van der Waals surface area (Å²) in [6, 6.07) is 8.24. The first-order chi connectivity index (χ1) is 8.44. The minimum absolute atomic E-state index is 0.216. The van der Waals surface area contributed by atoms with Crippen LogP contribution in [0.3, 0.4) is 0 Å². The average molecular weight is 267 g/mol. The Hall–Kier alpha value is -0.670. The maximum absolute atomic E-state index is 5.81. The molecule has 0 aromatic heterocycles. The Bertz CT molecular complexity index is 363. The van der Waals surface area contributed by atoms with Gasteiger partial charge in [0.05, 0.1) is 6.10 Å². The third kappa shape index (κ3) is 5.32. The number of hydrogen-bond acceptors (Lipinski definition) is 3. The van der Waals surface area contributed by atoms with Gasteiger partial charge in [0.2, 0.25) is 0 Å². The van der Waals surface area contributed by atoms with Crippen molar-refractivity contribution in [1.82, 2.24) is 5.32 Å². The molecule has 0 unspecified atom stereocenters. The van der Waals surface area contributed by atoms with Gasteiger partial charge in [-0.1, -0.05) is 18.2 Å². The van der Waals surface area contributed by atoms with E-state index in [1.165, 1.54) is 5.56 Å². The summed E-state index contributed by atoms with van der Waals surface area (Å²) in [5, 5.41) is 3.51. The predicted octanol–water partition coefficient (Wildman–Crippen LogP) is 3.71. The normalized spacial score (nSPS) is 11.9. The molecule has 1 aromatic rings. The second-order valence-corrected chi connectivity index (χ2v) is 6.86. The molecule has 0 spiro atoms. The molecule has 0 atom stereocenters. The van der Waals surface area contributed by atoms with Gasteiger partial charge in [-0.05, 0) is 40.0 Å². The van der Waals surface area contributed by atoms with Crippen molar-refractivity contribution in [3.05, 3.63) is 29.8 Å². The predicted molar refractivity (Wildman–Crippen MR) is 81.5 cm³/mol. The largest absolute Gasteiger partial charge is 0.491 e. The maximum atomic E-state index is 5.81. The van der Waals surface area contributed by atoms with Crippen LogP contribution >= 0.6 is 11.8 Å². The first-order valence-corrected chi connectivity index (χ1v) is 7.67. The lowest BCUT2D eigenvalue weighted by atomic mass is 10.1. The van der Waals surface area contributed by atoms with Crippen molar-refractivity contribution in [2.24, 2.45) is 0 Å². The van der Waals surface area contributed by atoms with Gasteiger partial charge in [0, 0.05) is 23.4 Å². The van der Waals surface area contributed by atoms with Gasteiger partial charge in [0.1, 0.15) is 5.75 Å². The molecule has 0 heterocycles. The molecule has 0 amide bonds. The van der Waals surface area contributed by atoms with Crippen LogP contribution in [0.25, 0.3) is 0 Å². The van der Waals surface area contributed by atoms with Gasteiger partial charge in [-0.15, -0.1) is 0 Å². The second kappa shape index (κ2) is 7.05. The summed E-state index contributed by atoms with van der Waals surface area (Å²) in [6.45, 7) is 10.5. The van der Waals surface area contributed by atoms with Crippen LogP contribution in [0, 0.1) is 0 Å². The molecular formula is C15H25NOS. The molecule has 1 aromatic carbocycles. The Balaban J connectivity index is 2.56. The summed E-state index contributed by atoms with van der Waals surface area (Å²) in [4.78, 5) is 0. The van der Waals surface area contributed by atoms with E-state index >= 15 is 0 Å². The van der Waals surface area contributed by atoms with E-state index in [4.69, 9.17) is 4.74 Å². The van der Waals surface area contributed by atoms with E-state index in [0.717, 1.165) is 18.8 Å². The van der Waals surface area contributed by atoms with Gasteiger partial charge in [-0.25, -0.2) is 0 Å². The van der Waals surface area contributed by atoms with Crippen LogP contribution in [-0.2, 0) is 6.54 Å². The molecule has 0 saturated carbocycles. The van der Waals surface area contributed by atoms with E-state index in [1.54, 1.807) is 0 Å². The lowest BCUT2D eigenvalue weighted by Crippen LogP contribution is -2.31. The molecule has 0 bridgehead atoms. The van der Waals surface area contributed by atoms with Gasteiger partial charge in [-0.3, -0.25) is 0 Å². The van der Waals surface area contributed by atoms with Gasteiger partial charge >= 0.3 is 0 Å². The molecule has 3 heteroatoms. The highest BCUT2D eigenvalue weighted by Gasteiger charge is 2.15. The first kappa shape index (κ1) is 15.4. The van der Waals surface area contributed by atoms with Crippen LogP contribution in [0.4, 0.5) is 0 Å². The molecule has 18 heavy (non-hydrogen) atoms. The van der Waals surface area contributed by atoms with Crippen molar-refractivity contribution in [3.8, 4) is 5.75 Å². The zero-order valence-electron chi connectivity index (χ0n) is 12.1. The summed E-state index contributed by atoms with van der Waals surface area (Å²) < 4.78 is 6.08. The van der Waals surface area contributed by atoms with Crippen LogP contribution in [0.15, 0.2) is 24.3 Å². The Morgan fingerprint density at radius 3 is 2.56 bits per heavy atom. The molecule has 102 valence electrons. The maximum Gasteiger partial charge on any atom is 0.124 e. The molecule has 0 radical (unpaired) electrons. The molecule has 0 fully saturated rings. The van der Waals surface area contributed by atoms with Crippen LogP contribution in [0.2, 0.25) is 0 Å². The minimum atomic E-state index is 0.216. The van der Waals surface area contributed by atoms with Crippen LogP contribution < -0.4 is 10.1 Å². The first-order valence-electron chi connectivity index (χ1n) is 6.45. The number of benzene rings is 1. The average Bonchev–Trinajstić information content (AvgIpc) is 2.30. The topological polar surface area (TPSA) is 21.3 Å². The fraction of sp³-hybridized carbons (Fsp3) is 0.600. The molecule has 1 N–H and O–H groups in total. The smallest absolute Gasteiger partial charge is 0.124 e. The molecule has 1 rings (SSSR count). The Kier molecular flexibility index (Phi) is 6.03. The third-order valence-electron chi connectivity index (χ3n) is 2.75. The van der Waals surface area contributed by atoms with E-state index in [-0.39, 0.29) is 10.9 Å². The summed E-state index contributed by atoms with van der Waals surface area (Å²) >= 11 is 1.88. The lowest BCUT2D eigenvalue weighted by molar-refractivity contribution is 0.239. The number of nitrogens with one attached hydrogen (secondary N) is 1. The highest BCUT2D eigenvalue weighted by molar-refractivity contribution is 7.99. The summed E-state index contributed by atoms with van der Waals surface area (Å²) in [7, 11) is 0. The van der Waals surface area contributed by atoms with Gasteiger partial charge in [0.15, 0.2) is 0 Å². The van der Waals surface area contributed by atoms with E-state index in [2.05, 4.69) is 51.4 Å². The Labute approximate surface area is 116 Å². The Morgan fingerprint density at radius 2 is 1.94 bits per heavy atom. The summed E-state index contributed by atoms with van der Waals surface area (Å²) in [5.74, 6) is 0.988. The number of para-hydroxylation sites is 1. The fourth-order valence-electron chi connectivity index (χ4n) is 1.59. The molecule has 0 saturated heterocycles. The highest BCUT2D eigenvalue weighted by Crippen LogP contribution is 2.22. The highest BCUT2D eigenvalue weighted by atomic mass is 32.2. The number of hydrogen-bond donors (Lipinski definition) is 1. The van der Waals surface area contributed by atoms with Crippen molar-refractivity contribution in [2.45, 2.75) is 45.1 Å². The van der Waals surface area contributed by atoms with Gasteiger partial charge in [0.25, 0.3) is 0 Å². The number of thioether (sulfide) groups is 1. The third-order valence-corrected chi connectivity index (χ3v) is 4.00. The second-order valence-electron chi connectivity index (χ2n) is 5.34. The lowest BCUT2D eigenvalue weighted by Gasteiger charge is -2.23. The van der Waals surface area contributed by atoms with Crippen molar-refractivity contribution >= 4 is 11.8 Å². The molecule has 0 aliphatic carbocycles. The molecule has 2 nitrogen and oxygen atoms in total. The number of rotatable bonds is 7. The van der Waals surface area contributed by atoms with Gasteiger partial charge in [-0.2, -0.15) is 11.8 Å². The standard InChI is InChI=1S/C15H25NOS/c1-12(2)17-14-9-7-6-8-13(14)10-16-11-15(3,4)18-5/h6-9,12,16H,10-11H2,1-5H3. The fourth-order valence-corrected chi connectivity index (χ4v) is 1.84. The SMILES string of the molecule is CSC(C)(C)CNCc1ccccc1OC(C)C. The van der Waals surface area contributed by atoms with E-state index in [0.29, 0.717) is 0 Å². The number of ether oxygens (including phenoxy) is 1. The molecule has 0 aliphatic heterocycles. The van der Waals surface area contributed by atoms with Crippen molar-refractivity contribution in [3.63, 3.8) is 0 Å². The molecule has 0 aliphatic rings. The van der Waals surface area contributed by atoms with E-state index < -0.39 is 0 Å². The van der Waals surface area contributed by atoms with Crippen LogP contribution in [0.5, 0.6) is 5.75 Å². The van der Waals surface area contributed by atoms with Crippen molar-refractivity contribution in [2.75, 3.05) is 12.8 Å². The van der Waals surface area contributed by atoms with Gasteiger partial charge < -0.3 is 10.1 Å². The summed E-state index contributed by atoms with van der Waals surface area (Å²) in [6.07, 6.45) is 2.37. The summed E-state index contributed by atoms with van der Waals surface area (Å²) in [5.41, 5.74) is 1.23. The molecular weight excluding hydrogens is 242 g/mol. The quantitative estimate of drug-likeness (QED) is 0.814. The monoisotopic (exact) mass is 267 g/mol. The van der Waals surface area contributed by atoms with E-state index in [1.807, 2.05) is 23.9 Å². The van der Waals surface area contributed by atoms with Crippen LogP contribution in [0.1, 0.15) is 33.3 Å². The zero-order chi connectivity index (χ0) is 13.6. The Morgan fingerprint density at radius 1 is 1.28 bits per heavy atom. The van der Waals surface area contributed by atoms with E-state index in [9.17, 15) is 0 Å². The van der Waals surface area contributed by atoms with Crippen molar-refractivity contribution < 1.29 is 4.74 Å².